The van der Waals surface area contributed by atoms with Gasteiger partial charge >= 0.3 is 0 Å². The first-order chi connectivity index (χ1) is 14.1. The van der Waals surface area contributed by atoms with E-state index in [4.69, 9.17) is 9.47 Å². The van der Waals surface area contributed by atoms with Crippen LogP contribution in [0, 0.1) is 0 Å². The number of hydrogen-bond acceptors (Lipinski definition) is 6. The van der Waals surface area contributed by atoms with Crippen molar-refractivity contribution in [3.63, 3.8) is 0 Å². The molecule has 2 aromatic carbocycles. The van der Waals surface area contributed by atoms with Crippen molar-refractivity contribution in [1.82, 2.24) is 19.9 Å². The number of carbonyl (C=O) groups excluding carboxylic acids is 2. The summed E-state index contributed by atoms with van der Waals surface area (Å²) in [5, 5.41) is 10.9. The van der Waals surface area contributed by atoms with Crippen molar-refractivity contribution < 1.29 is 19.1 Å². The fraction of sp³-hybridized carbons (Fsp3) is 0.300. The molecule has 4 rings (SSSR count). The Kier molecular flexibility index (Phi) is 5.28. The van der Waals surface area contributed by atoms with Gasteiger partial charge in [-0.2, -0.15) is 0 Å². The van der Waals surface area contributed by atoms with Crippen LogP contribution in [0.2, 0.25) is 0 Å². The topological polar surface area (TPSA) is 98.6 Å². The molecule has 9 heteroatoms. The number of rotatable bonds is 6. The molecule has 0 bridgehead atoms. The van der Waals surface area contributed by atoms with Crippen molar-refractivity contribution in [2.24, 2.45) is 0 Å². The molecule has 150 valence electrons. The van der Waals surface area contributed by atoms with Crippen LogP contribution >= 0.6 is 0 Å². The Morgan fingerprint density at radius 2 is 1.93 bits per heavy atom. The standard InChI is InChI=1S/C20H21N5O4/c1-2-24(20(27)13-25-16-6-4-3-5-15(16)22-23-25)12-19(26)21-14-7-8-17-18(11-14)29-10-9-28-17/h3-8,11H,2,9-10,12-13H2,1H3,(H,21,26). The molecule has 1 N–H and O–H groups in total. The summed E-state index contributed by atoms with van der Waals surface area (Å²) in [5.74, 6) is 0.746. The molecule has 0 spiro atoms. The molecule has 3 aromatic rings. The van der Waals surface area contributed by atoms with Gasteiger partial charge in [0.1, 0.15) is 25.3 Å². The van der Waals surface area contributed by atoms with Crippen molar-refractivity contribution in [3.05, 3.63) is 42.5 Å². The normalized spacial score (nSPS) is 12.6. The predicted molar refractivity (Wildman–Crippen MR) is 106 cm³/mol. The van der Waals surface area contributed by atoms with Crippen LogP contribution in [0.4, 0.5) is 5.69 Å². The lowest BCUT2D eigenvalue weighted by Crippen LogP contribution is -2.39. The van der Waals surface area contributed by atoms with E-state index in [9.17, 15) is 9.59 Å². The van der Waals surface area contributed by atoms with Gasteiger partial charge in [0.2, 0.25) is 11.8 Å². The van der Waals surface area contributed by atoms with E-state index >= 15 is 0 Å². The smallest absolute Gasteiger partial charge is 0.244 e. The first-order valence-corrected chi connectivity index (χ1v) is 9.39. The first-order valence-electron chi connectivity index (χ1n) is 9.39. The molecule has 29 heavy (non-hydrogen) atoms. The second kappa shape index (κ2) is 8.17. The molecule has 1 aliphatic rings. The second-order valence-electron chi connectivity index (χ2n) is 6.55. The predicted octanol–water partition coefficient (Wildman–Crippen LogP) is 1.69. The van der Waals surface area contributed by atoms with Gasteiger partial charge < -0.3 is 19.7 Å². The first kappa shape index (κ1) is 18.7. The highest BCUT2D eigenvalue weighted by molar-refractivity contribution is 5.95. The van der Waals surface area contributed by atoms with Crippen molar-refractivity contribution in [2.75, 3.05) is 31.6 Å². The van der Waals surface area contributed by atoms with E-state index in [2.05, 4.69) is 15.6 Å². The highest BCUT2D eigenvalue weighted by atomic mass is 16.6. The van der Waals surface area contributed by atoms with Gasteiger partial charge in [0, 0.05) is 18.3 Å². The van der Waals surface area contributed by atoms with E-state index in [0.717, 1.165) is 11.0 Å². The molecule has 1 aromatic heterocycles. The molecule has 2 amide bonds. The number of para-hydroxylation sites is 1. The summed E-state index contributed by atoms with van der Waals surface area (Å²) in [5.41, 5.74) is 2.09. The van der Waals surface area contributed by atoms with Crippen molar-refractivity contribution in [3.8, 4) is 11.5 Å². The number of anilines is 1. The maximum Gasteiger partial charge on any atom is 0.244 e. The third-order valence-corrected chi connectivity index (χ3v) is 4.60. The number of likely N-dealkylation sites (N-methyl/N-ethyl adjacent to an activating group) is 1. The summed E-state index contributed by atoms with van der Waals surface area (Å²) >= 11 is 0. The van der Waals surface area contributed by atoms with Crippen LogP contribution in [0.3, 0.4) is 0 Å². The Hall–Kier alpha value is -3.62. The number of nitrogens with one attached hydrogen (secondary N) is 1. The monoisotopic (exact) mass is 395 g/mol. The van der Waals surface area contributed by atoms with E-state index in [-0.39, 0.29) is 24.9 Å². The van der Waals surface area contributed by atoms with Crippen LogP contribution in [-0.4, -0.2) is 58.0 Å². The number of aromatic nitrogens is 3. The summed E-state index contributed by atoms with van der Waals surface area (Å²) in [4.78, 5) is 26.6. The fourth-order valence-electron chi connectivity index (χ4n) is 3.13. The van der Waals surface area contributed by atoms with Crippen LogP contribution in [-0.2, 0) is 16.1 Å². The largest absolute Gasteiger partial charge is 0.486 e. The maximum atomic E-state index is 12.7. The minimum atomic E-state index is -0.291. The molecule has 0 unspecified atom stereocenters. The van der Waals surface area contributed by atoms with Crippen LogP contribution in [0.15, 0.2) is 42.5 Å². The lowest BCUT2D eigenvalue weighted by molar-refractivity contribution is -0.135. The molecular formula is C20H21N5O4. The highest BCUT2D eigenvalue weighted by Gasteiger charge is 2.19. The molecule has 1 aliphatic heterocycles. The summed E-state index contributed by atoms with van der Waals surface area (Å²) in [6.07, 6.45) is 0. The van der Waals surface area contributed by atoms with Gasteiger partial charge in [-0.3, -0.25) is 9.59 Å². The molecule has 0 saturated heterocycles. The summed E-state index contributed by atoms with van der Waals surface area (Å²) < 4.78 is 12.5. The number of nitrogens with zero attached hydrogens (tertiary/aromatic N) is 4. The third kappa shape index (κ3) is 4.13. The zero-order valence-electron chi connectivity index (χ0n) is 16.0. The number of hydrogen-bond donors (Lipinski definition) is 1. The molecule has 9 nitrogen and oxygen atoms in total. The summed E-state index contributed by atoms with van der Waals surface area (Å²) in [7, 11) is 0. The van der Waals surface area contributed by atoms with Crippen LogP contribution < -0.4 is 14.8 Å². The number of carbonyl (C=O) groups is 2. The molecule has 0 radical (unpaired) electrons. The van der Waals surface area contributed by atoms with E-state index in [1.807, 2.05) is 31.2 Å². The number of amides is 2. The molecule has 0 atom stereocenters. The third-order valence-electron chi connectivity index (χ3n) is 4.60. The van der Waals surface area contributed by atoms with Crippen LogP contribution in [0.5, 0.6) is 11.5 Å². The van der Waals surface area contributed by atoms with Crippen molar-refractivity contribution in [1.29, 1.82) is 0 Å². The Balaban J connectivity index is 1.39. The van der Waals surface area contributed by atoms with Gasteiger partial charge in [-0.05, 0) is 31.2 Å². The maximum absolute atomic E-state index is 12.7. The Morgan fingerprint density at radius 3 is 2.76 bits per heavy atom. The van der Waals surface area contributed by atoms with Gasteiger partial charge in [-0.15, -0.1) is 5.10 Å². The fourth-order valence-corrected chi connectivity index (χ4v) is 3.13. The Morgan fingerprint density at radius 1 is 1.14 bits per heavy atom. The Bertz CT molecular complexity index is 1050. The molecule has 0 aliphatic carbocycles. The van der Waals surface area contributed by atoms with Gasteiger partial charge in [0.15, 0.2) is 11.5 Å². The van der Waals surface area contributed by atoms with Crippen LogP contribution in [0.1, 0.15) is 6.92 Å². The number of fused-ring (bicyclic) bond motifs is 2. The molecular weight excluding hydrogens is 374 g/mol. The lowest BCUT2D eigenvalue weighted by Gasteiger charge is -2.21. The van der Waals surface area contributed by atoms with Gasteiger partial charge in [-0.1, -0.05) is 17.3 Å². The minimum absolute atomic E-state index is 0.0195. The van der Waals surface area contributed by atoms with Crippen molar-refractivity contribution in [2.45, 2.75) is 13.5 Å². The molecule has 0 saturated carbocycles. The average molecular weight is 395 g/mol. The molecule has 0 fully saturated rings. The zero-order chi connectivity index (χ0) is 20.2. The second-order valence-corrected chi connectivity index (χ2v) is 6.55. The SMILES string of the molecule is CCN(CC(=O)Nc1ccc2c(c1)OCCO2)C(=O)Cn1nnc2ccccc21. The number of benzene rings is 2. The number of ether oxygens (including phenoxy) is 2. The van der Waals surface area contributed by atoms with Crippen molar-refractivity contribution >= 4 is 28.5 Å². The van der Waals surface area contributed by atoms with Gasteiger partial charge in [-0.25, -0.2) is 4.68 Å². The quantitative estimate of drug-likeness (QED) is 0.682. The van der Waals surface area contributed by atoms with E-state index in [0.29, 0.717) is 36.9 Å². The minimum Gasteiger partial charge on any atom is -0.486 e. The molecule has 2 heterocycles. The van der Waals surface area contributed by atoms with E-state index in [1.54, 1.807) is 22.9 Å². The summed E-state index contributed by atoms with van der Waals surface area (Å²) in [6, 6.07) is 12.6. The Labute approximate surface area is 167 Å². The van der Waals surface area contributed by atoms with Crippen LogP contribution in [0.25, 0.3) is 11.0 Å². The highest BCUT2D eigenvalue weighted by Crippen LogP contribution is 2.32. The lowest BCUT2D eigenvalue weighted by atomic mass is 10.2. The average Bonchev–Trinajstić information content (AvgIpc) is 3.14. The van der Waals surface area contributed by atoms with E-state index < -0.39 is 0 Å². The summed E-state index contributed by atoms with van der Waals surface area (Å²) in [6.45, 7) is 3.17. The van der Waals surface area contributed by atoms with E-state index in [1.165, 1.54) is 4.90 Å². The van der Waals surface area contributed by atoms with Gasteiger partial charge in [0.05, 0.1) is 12.1 Å². The zero-order valence-corrected chi connectivity index (χ0v) is 16.0. The van der Waals surface area contributed by atoms with Gasteiger partial charge in [0.25, 0.3) is 0 Å².